The molecule has 0 aliphatic rings. The zero-order valence-corrected chi connectivity index (χ0v) is 39.5. The number of ether oxygens (including phenoxy) is 2. The summed E-state index contributed by atoms with van der Waals surface area (Å²) in [5.74, 6) is -0.0907. The number of hydrogen-bond acceptors (Lipinski definition) is 6. The first-order valence-corrected chi connectivity index (χ1v) is 22.4. The third-order valence-electron chi connectivity index (χ3n) is 8.91. The molecule has 0 aromatic carbocycles. The van der Waals surface area contributed by atoms with Crippen molar-refractivity contribution in [2.75, 3.05) is 47.1 Å². The fraction of sp³-hybridized carbons (Fsp3) is 0.870. The monoisotopic (exact) mass is 936 g/mol. The minimum atomic E-state index is -0.0907. The van der Waals surface area contributed by atoms with Crippen LogP contribution >= 0.6 is 0 Å². The molecular formula is C46H91N2O5W-. The molecule has 0 saturated heterocycles. The number of allylic oxidation sites excluding steroid dienone is 4. The van der Waals surface area contributed by atoms with E-state index in [0.717, 1.165) is 25.7 Å². The van der Waals surface area contributed by atoms with E-state index in [1.54, 1.807) is 19.0 Å². The van der Waals surface area contributed by atoms with E-state index in [4.69, 9.17) is 9.84 Å². The second-order valence-corrected chi connectivity index (χ2v) is 14.7. The number of esters is 1. The van der Waals surface area contributed by atoms with Crippen LogP contribution in [0.15, 0.2) is 24.3 Å². The van der Waals surface area contributed by atoms with E-state index in [2.05, 4.69) is 55.1 Å². The number of carbonyl (C=O) groups excluding carboxylic acids is 2. The first-order chi connectivity index (χ1) is 26.0. The molecule has 54 heavy (non-hydrogen) atoms. The van der Waals surface area contributed by atoms with E-state index in [-0.39, 0.29) is 33.8 Å². The van der Waals surface area contributed by atoms with Crippen LogP contribution in [0.4, 0.5) is 0 Å². The maximum Gasteiger partial charge on any atom is 0.305 e. The zero-order chi connectivity index (χ0) is 39.6. The molecule has 0 aromatic heterocycles. The molecule has 0 heterocycles. The molecule has 0 rings (SSSR count). The van der Waals surface area contributed by atoms with Crippen LogP contribution in [0.25, 0.3) is 5.32 Å². The summed E-state index contributed by atoms with van der Waals surface area (Å²) >= 11 is 0. The first-order valence-electron chi connectivity index (χ1n) is 22.4. The van der Waals surface area contributed by atoms with E-state index in [1.165, 1.54) is 161 Å². The SMILES string of the molecule is CCCCCCCC/C=C\CCCCCCCC.CCCCCCCC/C=C\CCCCCCCC(=O)OCCC[N-]CCCOC=O.CN(C)CO.[W]. The van der Waals surface area contributed by atoms with E-state index in [0.29, 0.717) is 39.2 Å². The number of rotatable bonds is 39. The summed E-state index contributed by atoms with van der Waals surface area (Å²) in [5.41, 5.74) is 0. The Balaban J connectivity index is -0.000000441. The van der Waals surface area contributed by atoms with Gasteiger partial charge in [-0.15, -0.1) is 13.1 Å². The van der Waals surface area contributed by atoms with Crippen molar-refractivity contribution in [2.45, 2.75) is 213 Å². The molecule has 0 atom stereocenters. The Morgan fingerprint density at radius 2 is 0.870 bits per heavy atom. The average molecular weight is 936 g/mol. The molecule has 0 saturated carbocycles. The topological polar surface area (TPSA) is 90.2 Å². The summed E-state index contributed by atoms with van der Waals surface area (Å²) < 4.78 is 9.81. The predicted octanol–water partition coefficient (Wildman–Crippen LogP) is 13.4. The van der Waals surface area contributed by atoms with Crippen molar-refractivity contribution >= 4 is 12.4 Å². The van der Waals surface area contributed by atoms with Gasteiger partial charge < -0.3 is 19.9 Å². The minimum Gasteiger partial charge on any atom is -0.662 e. The molecule has 8 heteroatoms. The van der Waals surface area contributed by atoms with Crippen LogP contribution in [0.3, 0.4) is 0 Å². The third-order valence-corrected chi connectivity index (χ3v) is 8.91. The van der Waals surface area contributed by atoms with Gasteiger partial charge in [0.1, 0.15) is 0 Å². The number of carbonyl (C=O) groups is 2. The molecule has 1 N–H and O–H groups in total. The number of aliphatic hydroxyl groups is 1. The van der Waals surface area contributed by atoms with Crippen molar-refractivity contribution in [1.29, 1.82) is 0 Å². The second kappa shape index (κ2) is 58.7. The van der Waals surface area contributed by atoms with Gasteiger partial charge >= 0.3 is 5.97 Å². The Morgan fingerprint density at radius 3 is 1.22 bits per heavy atom. The second-order valence-electron chi connectivity index (χ2n) is 14.7. The standard InChI is InChI=1S/C25H46NO4.C18H36.C3H9NO.W/c1-2-3-4-5-6-7-8-9-10-11-12-13-14-15-16-19-25(28)30-23-18-21-26-20-17-22-29-24-27;1-3-5-7-9-11-13-15-17-18-16-14-12-10-8-6-4-2;1-4(2)3-5;/h9-10,24H,2-8,11-23H2,1H3;17-18H,3-16H2,1-2H3;5H,3H2,1-2H3;/q-1;;;/b10-9-;18-17-;;. The molecule has 7 nitrogen and oxygen atoms in total. The van der Waals surface area contributed by atoms with Crippen LogP contribution in [-0.2, 0) is 40.1 Å². The molecule has 0 spiro atoms. The largest absolute Gasteiger partial charge is 0.662 e. The van der Waals surface area contributed by atoms with Crippen molar-refractivity contribution in [3.05, 3.63) is 29.6 Å². The smallest absolute Gasteiger partial charge is 0.305 e. The number of aliphatic hydroxyl groups excluding tert-OH is 1. The van der Waals surface area contributed by atoms with Gasteiger partial charge in [0, 0.05) is 27.5 Å². The fourth-order valence-corrected chi connectivity index (χ4v) is 5.51. The average Bonchev–Trinajstić information content (AvgIpc) is 3.16. The Kier molecular flexibility index (Phi) is 64.9. The van der Waals surface area contributed by atoms with Gasteiger partial charge in [0.25, 0.3) is 6.47 Å². The summed E-state index contributed by atoms with van der Waals surface area (Å²) in [4.78, 5) is 23.3. The predicted molar refractivity (Wildman–Crippen MR) is 231 cm³/mol. The van der Waals surface area contributed by atoms with Crippen LogP contribution in [0.1, 0.15) is 213 Å². The quantitative estimate of drug-likeness (QED) is 0.0217. The normalized spacial score (nSPS) is 10.9. The number of nitrogens with zero attached hydrogens (tertiary/aromatic N) is 2. The molecule has 0 aliphatic carbocycles. The van der Waals surface area contributed by atoms with Crippen LogP contribution in [-0.4, -0.2) is 69.6 Å². The fourth-order valence-electron chi connectivity index (χ4n) is 5.51. The molecule has 0 bridgehead atoms. The van der Waals surface area contributed by atoms with Gasteiger partial charge in [0.2, 0.25) is 0 Å². The van der Waals surface area contributed by atoms with E-state index < -0.39 is 0 Å². The van der Waals surface area contributed by atoms with E-state index in [9.17, 15) is 9.59 Å². The minimum absolute atomic E-state index is 0. The van der Waals surface area contributed by atoms with Crippen molar-refractivity contribution in [2.24, 2.45) is 0 Å². The van der Waals surface area contributed by atoms with Gasteiger partial charge in [-0.05, 0) is 84.7 Å². The number of hydrogen-bond donors (Lipinski definition) is 1. The Morgan fingerprint density at radius 1 is 0.537 bits per heavy atom. The maximum atomic E-state index is 11.7. The van der Waals surface area contributed by atoms with Crippen molar-refractivity contribution in [1.82, 2.24) is 4.90 Å². The van der Waals surface area contributed by atoms with Gasteiger partial charge in [0.15, 0.2) is 0 Å². The van der Waals surface area contributed by atoms with Crippen LogP contribution in [0.2, 0.25) is 0 Å². The summed E-state index contributed by atoms with van der Waals surface area (Å²) in [6, 6.07) is 0. The third kappa shape index (κ3) is 65.8. The Hall–Kier alpha value is -1.01. The molecule has 0 fully saturated rings. The van der Waals surface area contributed by atoms with Gasteiger partial charge in [-0.25, -0.2) is 0 Å². The Labute approximate surface area is 351 Å². The van der Waals surface area contributed by atoms with E-state index >= 15 is 0 Å². The van der Waals surface area contributed by atoms with Gasteiger partial charge in [0.05, 0.1) is 19.9 Å². The molecule has 0 amide bonds. The summed E-state index contributed by atoms with van der Waals surface area (Å²) in [5, 5.41) is 12.4. The van der Waals surface area contributed by atoms with E-state index in [1.807, 2.05) is 0 Å². The summed E-state index contributed by atoms with van der Waals surface area (Å²) in [7, 11) is 3.61. The molecule has 0 aromatic rings. The number of unbranched alkanes of at least 4 members (excludes halogenated alkanes) is 23. The zero-order valence-electron chi connectivity index (χ0n) is 36.5. The van der Waals surface area contributed by atoms with Crippen molar-refractivity contribution < 1.29 is 45.2 Å². The molecule has 0 radical (unpaired) electrons. The molecule has 0 unspecified atom stereocenters. The van der Waals surface area contributed by atoms with Gasteiger partial charge in [-0.3, -0.25) is 14.5 Å². The van der Waals surface area contributed by atoms with Crippen LogP contribution in [0.5, 0.6) is 0 Å². The molecule has 322 valence electrons. The van der Waals surface area contributed by atoms with Gasteiger partial charge in [-0.2, -0.15) is 0 Å². The van der Waals surface area contributed by atoms with Crippen LogP contribution < -0.4 is 0 Å². The summed E-state index contributed by atoms with van der Waals surface area (Å²) in [6.45, 7) is 9.64. The molecule has 0 aliphatic heterocycles. The first kappa shape index (κ1) is 59.7. The molecular weight excluding hydrogens is 844 g/mol. The Bertz CT molecular complexity index is 718. The maximum absolute atomic E-state index is 11.7. The van der Waals surface area contributed by atoms with Gasteiger partial charge in [-0.1, -0.05) is 161 Å². The summed E-state index contributed by atoms with van der Waals surface area (Å²) in [6.07, 6.45) is 47.5. The van der Waals surface area contributed by atoms with Crippen LogP contribution in [0, 0.1) is 0 Å². The van der Waals surface area contributed by atoms with Crippen molar-refractivity contribution in [3.8, 4) is 0 Å². The van der Waals surface area contributed by atoms with Crippen molar-refractivity contribution in [3.63, 3.8) is 0 Å².